The van der Waals surface area contributed by atoms with Crippen molar-refractivity contribution < 1.29 is 22.7 Å². The van der Waals surface area contributed by atoms with Gasteiger partial charge in [-0.2, -0.15) is 0 Å². The summed E-state index contributed by atoms with van der Waals surface area (Å²) in [5.41, 5.74) is 2.52. The van der Waals surface area contributed by atoms with E-state index >= 15 is 0 Å². The van der Waals surface area contributed by atoms with Gasteiger partial charge in [-0.3, -0.25) is 9.10 Å². The normalized spacial score (nSPS) is 11.0. The Labute approximate surface area is 165 Å². The van der Waals surface area contributed by atoms with E-state index in [0.717, 1.165) is 21.7 Å². The van der Waals surface area contributed by atoms with Gasteiger partial charge < -0.3 is 10.1 Å². The molecule has 28 heavy (non-hydrogen) atoms. The number of carbonyl (C=O) groups is 2. The second-order valence-corrected chi connectivity index (χ2v) is 8.28. The first kappa shape index (κ1) is 21.4. The number of carbonyl (C=O) groups excluding carboxylic acids is 2. The van der Waals surface area contributed by atoms with E-state index in [4.69, 9.17) is 4.74 Å². The number of anilines is 2. The summed E-state index contributed by atoms with van der Waals surface area (Å²) in [7, 11) is -3.70. The third-order valence-corrected chi connectivity index (χ3v) is 5.14. The van der Waals surface area contributed by atoms with E-state index in [1.807, 2.05) is 13.0 Å². The number of ether oxygens (including phenoxy) is 1. The van der Waals surface area contributed by atoms with E-state index in [0.29, 0.717) is 5.69 Å². The minimum absolute atomic E-state index is 0.204. The van der Waals surface area contributed by atoms with Gasteiger partial charge in [0.2, 0.25) is 15.9 Å². The van der Waals surface area contributed by atoms with Crippen LogP contribution in [0.2, 0.25) is 0 Å². The summed E-state index contributed by atoms with van der Waals surface area (Å²) in [6.45, 7) is 5.10. The number of hydrogen-bond acceptors (Lipinski definition) is 5. The van der Waals surface area contributed by atoms with Gasteiger partial charge in [0.05, 0.1) is 29.8 Å². The minimum Gasteiger partial charge on any atom is -0.462 e. The molecule has 0 aromatic heterocycles. The Morgan fingerprint density at radius 3 is 2.43 bits per heavy atom. The third kappa shape index (κ3) is 5.32. The van der Waals surface area contributed by atoms with Crippen LogP contribution in [0.25, 0.3) is 0 Å². The van der Waals surface area contributed by atoms with Crippen molar-refractivity contribution in [1.29, 1.82) is 0 Å². The quantitative estimate of drug-likeness (QED) is 0.717. The van der Waals surface area contributed by atoms with Crippen LogP contribution >= 0.6 is 0 Å². The number of nitrogens with zero attached hydrogens (tertiary/aromatic N) is 1. The summed E-state index contributed by atoms with van der Waals surface area (Å²) in [6.07, 6.45) is 1.05. The zero-order valence-corrected chi connectivity index (χ0v) is 17.2. The van der Waals surface area contributed by atoms with E-state index in [2.05, 4.69) is 5.32 Å². The largest absolute Gasteiger partial charge is 0.462 e. The molecule has 1 N–H and O–H groups in total. The number of benzene rings is 2. The van der Waals surface area contributed by atoms with E-state index in [1.54, 1.807) is 44.2 Å². The maximum Gasteiger partial charge on any atom is 0.340 e. The molecule has 0 unspecified atom stereocenters. The summed E-state index contributed by atoms with van der Waals surface area (Å²) in [5.74, 6) is -1.13. The highest BCUT2D eigenvalue weighted by molar-refractivity contribution is 7.92. The summed E-state index contributed by atoms with van der Waals surface area (Å²) in [4.78, 5) is 24.7. The van der Waals surface area contributed by atoms with Gasteiger partial charge in [0.25, 0.3) is 0 Å². The van der Waals surface area contributed by atoms with Crippen LogP contribution in [-0.2, 0) is 19.6 Å². The molecule has 0 bridgehead atoms. The second-order valence-electron chi connectivity index (χ2n) is 6.37. The molecule has 2 aromatic rings. The number of esters is 1. The lowest BCUT2D eigenvalue weighted by molar-refractivity contribution is -0.114. The number of aryl methyl sites for hydroxylation is 2. The first-order chi connectivity index (χ1) is 13.1. The van der Waals surface area contributed by atoms with Gasteiger partial charge in [-0.1, -0.05) is 24.3 Å². The molecular weight excluding hydrogens is 380 g/mol. The van der Waals surface area contributed by atoms with E-state index in [-0.39, 0.29) is 17.9 Å². The fourth-order valence-electron chi connectivity index (χ4n) is 2.67. The lowest BCUT2D eigenvalue weighted by atomic mass is 10.1. The highest BCUT2D eigenvalue weighted by Gasteiger charge is 2.23. The number of sulfonamides is 1. The van der Waals surface area contributed by atoms with Crippen molar-refractivity contribution in [3.05, 3.63) is 59.2 Å². The number of rotatable bonds is 7. The maximum absolute atomic E-state index is 12.6. The Bertz CT molecular complexity index is 986. The Morgan fingerprint density at radius 1 is 1.11 bits per heavy atom. The molecule has 7 nitrogen and oxygen atoms in total. The molecule has 0 atom stereocenters. The molecule has 0 aliphatic heterocycles. The molecule has 1 amide bonds. The second kappa shape index (κ2) is 8.88. The van der Waals surface area contributed by atoms with Crippen LogP contribution in [0.4, 0.5) is 11.4 Å². The van der Waals surface area contributed by atoms with Gasteiger partial charge in [-0.15, -0.1) is 0 Å². The average molecular weight is 404 g/mol. The summed E-state index contributed by atoms with van der Waals surface area (Å²) >= 11 is 0. The first-order valence-electron chi connectivity index (χ1n) is 8.74. The van der Waals surface area contributed by atoms with Crippen LogP contribution in [0.3, 0.4) is 0 Å². The number of para-hydroxylation sites is 1. The molecular formula is C20H24N2O5S. The van der Waals surface area contributed by atoms with Crippen molar-refractivity contribution >= 4 is 33.3 Å². The van der Waals surface area contributed by atoms with Gasteiger partial charge in [-0.05, 0) is 50.1 Å². The molecule has 150 valence electrons. The van der Waals surface area contributed by atoms with Crippen LogP contribution in [0.1, 0.15) is 28.4 Å². The number of amides is 1. The smallest absolute Gasteiger partial charge is 0.340 e. The van der Waals surface area contributed by atoms with E-state index in [9.17, 15) is 18.0 Å². The summed E-state index contributed by atoms with van der Waals surface area (Å²) < 4.78 is 30.7. The first-order valence-corrected chi connectivity index (χ1v) is 10.6. The van der Waals surface area contributed by atoms with Gasteiger partial charge in [-0.25, -0.2) is 13.2 Å². The van der Waals surface area contributed by atoms with Crippen molar-refractivity contribution in [3.8, 4) is 0 Å². The molecule has 2 aromatic carbocycles. The Kier molecular flexibility index (Phi) is 6.80. The van der Waals surface area contributed by atoms with Crippen molar-refractivity contribution in [1.82, 2.24) is 0 Å². The average Bonchev–Trinajstić information content (AvgIpc) is 2.61. The highest BCUT2D eigenvalue weighted by atomic mass is 32.2. The molecule has 0 heterocycles. The van der Waals surface area contributed by atoms with Crippen molar-refractivity contribution in [2.45, 2.75) is 20.8 Å². The Hall–Kier alpha value is -2.87. The molecule has 0 spiro atoms. The van der Waals surface area contributed by atoms with Gasteiger partial charge in [0.15, 0.2) is 0 Å². The predicted molar refractivity (Wildman–Crippen MR) is 109 cm³/mol. The zero-order valence-electron chi connectivity index (χ0n) is 16.4. The maximum atomic E-state index is 12.6. The topological polar surface area (TPSA) is 92.8 Å². The molecule has 0 saturated heterocycles. The van der Waals surface area contributed by atoms with Crippen LogP contribution < -0.4 is 9.62 Å². The van der Waals surface area contributed by atoms with Crippen LogP contribution in [-0.4, -0.2) is 39.7 Å². The zero-order chi connectivity index (χ0) is 20.9. The number of hydrogen-bond donors (Lipinski definition) is 1. The predicted octanol–water partition coefficient (Wildman–Crippen LogP) is 2.88. The monoisotopic (exact) mass is 404 g/mol. The lowest BCUT2D eigenvalue weighted by Crippen LogP contribution is -2.38. The van der Waals surface area contributed by atoms with Crippen molar-refractivity contribution in [2.75, 3.05) is 29.0 Å². The minimum atomic E-state index is -3.70. The SMILES string of the molecule is CCOC(=O)c1ccccc1NC(=O)CN(c1cc(C)ccc1C)S(C)(=O)=O. The molecule has 0 saturated carbocycles. The van der Waals surface area contributed by atoms with Gasteiger partial charge >= 0.3 is 5.97 Å². The summed E-state index contributed by atoms with van der Waals surface area (Å²) in [5, 5.41) is 2.61. The van der Waals surface area contributed by atoms with Crippen molar-refractivity contribution in [3.63, 3.8) is 0 Å². The van der Waals surface area contributed by atoms with Crippen molar-refractivity contribution in [2.24, 2.45) is 0 Å². The van der Waals surface area contributed by atoms with Crippen LogP contribution in [0.5, 0.6) is 0 Å². The molecule has 0 aliphatic carbocycles. The molecule has 2 rings (SSSR count). The molecule has 0 fully saturated rings. The molecule has 0 radical (unpaired) electrons. The summed E-state index contributed by atoms with van der Waals surface area (Å²) in [6, 6.07) is 11.8. The van der Waals surface area contributed by atoms with Crippen LogP contribution in [0.15, 0.2) is 42.5 Å². The Morgan fingerprint density at radius 2 is 1.79 bits per heavy atom. The van der Waals surface area contributed by atoms with E-state index < -0.39 is 28.4 Å². The fraction of sp³-hybridized carbons (Fsp3) is 0.300. The van der Waals surface area contributed by atoms with Gasteiger partial charge in [0.1, 0.15) is 6.54 Å². The molecule has 0 aliphatic rings. The van der Waals surface area contributed by atoms with Crippen LogP contribution in [0, 0.1) is 13.8 Å². The number of nitrogens with one attached hydrogen (secondary N) is 1. The van der Waals surface area contributed by atoms with E-state index in [1.165, 1.54) is 6.07 Å². The molecule has 8 heteroatoms. The highest BCUT2D eigenvalue weighted by Crippen LogP contribution is 2.24. The fourth-order valence-corrected chi connectivity index (χ4v) is 3.57. The van der Waals surface area contributed by atoms with Gasteiger partial charge in [0, 0.05) is 0 Å². The third-order valence-electron chi connectivity index (χ3n) is 4.02. The standard InChI is InChI=1S/C20H24N2O5S/c1-5-27-20(24)16-8-6-7-9-17(16)21-19(23)13-22(28(4,25)26)18-12-14(2)10-11-15(18)3/h6-12H,5,13H2,1-4H3,(H,21,23). The Balaban J connectivity index is 2.29. The lowest BCUT2D eigenvalue weighted by Gasteiger charge is -2.24.